The molecule has 2 aliphatic heterocycles. The monoisotopic (exact) mass is 816 g/mol. The zero-order valence-corrected chi connectivity index (χ0v) is 31.8. The third-order valence-corrected chi connectivity index (χ3v) is 9.85. The van der Waals surface area contributed by atoms with E-state index in [1.54, 1.807) is 12.1 Å². The van der Waals surface area contributed by atoms with E-state index in [-0.39, 0.29) is 62.6 Å². The minimum absolute atomic E-state index is 0.0198. The van der Waals surface area contributed by atoms with Crippen molar-refractivity contribution in [3.05, 3.63) is 189 Å². The first kappa shape index (κ1) is 39.3. The number of cyclic esters (lactones) is 4. The van der Waals surface area contributed by atoms with E-state index in [9.17, 15) is 38.4 Å². The minimum atomic E-state index is -1.06. The Hall–Kier alpha value is -8.52. The van der Waals surface area contributed by atoms with Gasteiger partial charge in [-0.1, -0.05) is 67.2 Å². The molecule has 0 radical (unpaired) electrons. The lowest BCUT2D eigenvalue weighted by Crippen LogP contribution is -2.15. The Balaban J connectivity index is 0.981. The SMILES string of the molecule is C=C(/C=C\C1=C(C)C(=O)OC1=O)C(=O)Oc1ccc(OC(=O)c2ccc3c(c2)C(=O)OC3=O)cc1C(=O)OCc1ccc(C(=O)OC2c3ccccc3-c3ccccc32)cc1. The third-order valence-electron chi connectivity index (χ3n) is 9.85. The molecule has 0 N–H and O–H groups in total. The summed E-state index contributed by atoms with van der Waals surface area (Å²) in [5.41, 5.74) is 3.49. The first-order valence-electron chi connectivity index (χ1n) is 18.3. The molecule has 0 aromatic heterocycles. The average Bonchev–Trinajstić information content (AvgIpc) is 3.83. The quantitative estimate of drug-likeness (QED) is 0.0333. The molecular weight excluding hydrogens is 789 g/mol. The Morgan fingerprint density at radius 1 is 0.639 bits per heavy atom. The standard InChI is InChI=1S/C47H28O14/c1-24(11-18-30-25(2)41(49)60-45(30)53)40(48)58-38-20-17-29(57-43(51)28-16-19-35-36(21-28)47(55)61-46(35)54)22-37(38)44(52)56-23-26-12-14-27(15-13-26)42(50)59-39-33-9-5-3-7-31(33)32-8-4-6-10-34(32)39/h3-22,39H,1,23H2,2H3/b18-11-. The predicted molar refractivity (Wildman–Crippen MR) is 210 cm³/mol. The first-order valence-corrected chi connectivity index (χ1v) is 18.3. The molecule has 0 atom stereocenters. The third kappa shape index (κ3) is 7.76. The van der Waals surface area contributed by atoms with E-state index in [0.717, 1.165) is 52.6 Å². The van der Waals surface area contributed by atoms with Gasteiger partial charge in [-0.05, 0) is 84.3 Å². The molecule has 5 aromatic rings. The number of benzene rings is 5. The van der Waals surface area contributed by atoms with E-state index in [1.807, 2.05) is 48.5 Å². The van der Waals surface area contributed by atoms with Crippen LogP contribution in [0.4, 0.5) is 0 Å². The van der Waals surface area contributed by atoms with E-state index in [0.29, 0.717) is 5.56 Å². The maximum atomic E-state index is 13.6. The lowest BCUT2D eigenvalue weighted by Gasteiger charge is -2.15. The van der Waals surface area contributed by atoms with Crippen molar-refractivity contribution < 1.29 is 66.8 Å². The number of rotatable bonds is 11. The largest absolute Gasteiger partial charge is 0.457 e. The molecule has 1 aliphatic carbocycles. The molecule has 0 saturated heterocycles. The molecule has 8 rings (SSSR count). The van der Waals surface area contributed by atoms with Crippen LogP contribution >= 0.6 is 0 Å². The molecule has 0 amide bonds. The highest BCUT2D eigenvalue weighted by Gasteiger charge is 2.33. The van der Waals surface area contributed by atoms with Crippen LogP contribution in [0.5, 0.6) is 11.5 Å². The highest BCUT2D eigenvalue weighted by molar-refractivity contribution is 6.16. The van der Waals surface area contributed by atoms with Crippen LogP contribution < -0.4 is 9.47 Å². The molecule has 3 aliphatic rings. The van der Waals surface area contributed by atoms with Gasteiger partial charge in [0.2, 0.25) is 0 Å². The Morgan fingerprint density at radius 2 is 1.28 bits per heavy atom. The topological polar surface area (TPSA) is 192 Å². The summed E-state index contributed by atoms with van der Waals surface area (Å²) in [4.78, 5) is 101. The average molecular weight is 817 g/mol. The number of ether oxygens (including phenoxy) is 6. The van der Waals surface area contributed by atoms with Gasteiger partial charge in [-0.3, -0.25) is 0 Å². The van der Waals surface area contributed by atoms with Gasteiger partial charge < -0.3 is 28.4 Å². The molecule has 5 aromatic carbocycles. The fourth-order valence-corrected chi connectivity index (χ4v) is 6.66. The van der Waals surface area contributed by atoms with E-state index in [2.05, 4.69) is 16.1 Å². The molecule has 2 heterocycles. The smallest absolute Gasteiger partial charge is 0.346 e. The first-order chi connectivity index (χ1) is 29.4. The Morgan fingerprint density at radius 3 is 1.95 bits per heavy atom. The van der Waals surface area contributed by atoms with Gasteiger partial charge in [-0.15, -0.1) is 0 Å². The van der Waals surface area contributed by atoms with E-state index in [1.165, 1.54) is 37.3 Å². The number of carbonyl (C=O) groups is 8. The van der Waals surface area contributed by atoms with Gasteiger partial charge in [0, 0.05) is 16.7 Å². The Kier molecular flexibility index (Phi) is 10.3. The van der Waals surface area contributed by atoms with Crippen LogP contribution in [-0.2, 0) is 39.9 Å². The molecule has 14 nitrogen and oxygen atoms in total. The summed E-state index contributed by atoms with van der Waals surface area (Å²) in [6, 6.07) is 28.7. The fraction of sp³-hybridized carbons (Fsp3) is 0.0638. The molecule has 0 saturated carbocycles. The minimum Gasteiger partial charge on any atom is -0.457 e. The molecule has 300 valence electrons. The second-order valence-electron chi connectivity index (χ2n) is 13.7. The maximum absolute atomic E-state index is 13.6. The van der Waals surface area contributed by atoms with Crippen LogP contribution in [0.2, 0.25) is 0 Å². The van der Waals surface area contributed by atoms with Crippen LogP contribution in [0.15, 0.2) is 145 Å². The number of fused-ring (bicyclic) bond motifs is 4. The number of esters is 8. The van der Waals surface area contributed by atoms with Crippen molar-refractivity contribution in [2.24, 2.45) is 0 Å². The second-order valence-corrected chi connectivity index (χ2v) is 13.7. The van der Waals surface area contributed by atoms with Crippen molar-refractivity contribution >= 4 is 47.8 Å². The molecule has 61 heavy (non-hydrogen) atoms. The highest BCUT2D eigenvalue weighted by Crippen LogP contribution is 2.45. The predicted octanol–water partition coefficient (Wildman–Crippen LogP) is 6.92. The molecule has 0 spiro atoms. The summed E-state index contributed by atoms with van der Waals surface area (Å²) in [7, 11) is 0. The van der Waals surface area contributed by atoms with Crippen molar-refractivity contribution in [1.82, 2.24) is 0 Å². The summed E-state index contributed by atoms with van der Waals surface area (Å²) in [5.74, 6) is -7.65. The zero-order chi connectivity index (χ0) is 42.9. The normalized spacial score (nSPS) is 13.9. The summed E-state index contributed by atoms with van der Waals surface area (Å²) >= 11 is 0. The van der Waals surface area contributed by atoms with Crippen LogP contribution in [0, 0.1) is 0 Å². The summed E-state index contributed by atoms with van der Waals surface area (Å²) in [6.07, 6.45) is 1.69. The van der Waals surface area contributed by atoms with E-state index < -0.39 is 53.9 Å². The molecule has 0 bridgehead atoms. The lowest BCUT2D eigenvalue weighted by molar-refractivity contribution is -0.151. The van der Waals surface area contributed by atoms with Crippen molar-refractivity contribution in [2.75, 3.05) is 0 Å². The van der Waals surface area contributed by atoms with Crippen LogP contribution in [0.1, 0.15) is 81.5 Å². The molecule has 0 unspecified atom stereocenters. The maximum Gasteiger partial charge on any atom is 0.346 e. The fourth-order valence-electron chi connectivity index (χ4n) is 6.66. The van der Waals surface area contributed by atoms with Crippen LogP contribution in [0.3, 0.4) is 0 Å². The van der Waals surface area contributed by atoms with Gasteiger partial charge in [-0.2, -0.15) is 0 Å². The van der Waals surface area contributed by atoms with Crippen molar-refractivity contribution in [2.45, 2.75) is 19.6 Å². The van der Waals surface area contributed by atoms with Gasteiger partial charge in [0.25, 0.3) is 0 Å². The van der Waals surface area contributed by atoms with Gasteiger partial charge in [0.15, 0.2) is 6.10 Å². The van der Waals surface area contributed by atoms with Gasteiger partial charge in [0.05, 0.1) is 33.4 Å². The second kappa shape index (κ2) is 16.0. The zero-order valence-electron chi connectivity index (χ0n) is 31.8. The van der Waals surface area contributed by atoms with Gasteiger partial charge in [0.1, 0.15) is 23.7 Å². The van der Waals surface area contributed by atoms with Gasteiger partial charge in [-0.25, -0.2) is 38.4 Å². The Labute approximate surface area is 345 Å². The summed E-state index contributed by atoms with van der Waals surface area (Å²) in [5, 5.41) is 0. The van der Waals surface area contributed by atoms with Crippen LogP contribution in [0.25, 0.3) is 11.1 Å². The molecular formula is C47H28O14. The van der Waals surface area contributed by atoms with Gasteiger partial charge >= 0.3 is 47.8 Å². The number of hydrogen-bond acceptors (Lipinski definition) is 14. The van der Waals surface area contributed by atoms with Crippen molar-refractivity contribution in [1.29, 1.82) is 0 Å². The van der Waals surface area contributed by atoms with Crippen LogP contribution in [-0.4, -0.2) is 47.8 Å². The van der Waals surface area contributed by atoms with Crippen molar-refractivity contribution in [3.63, 3.8) is 0 Å². The van der Waals surface area contributed by atoms with Crippen molar-refractivity contribution in [3.8, 4) is 22.6 Å². The molecule has 0 fully saturated rings. The summed E-state index contributed by atoms with van der Waals surface area (Å²) < 4.78 is 31.6. The summed E-state index contributed by atoms with van der Waals surface area (Å²) in [6.45, 7) is 4.70. The highest BCUT2D eigenvalue weighted by atomic mass is 16.6. The number of carbonyl (C=O) groups excluding carboxylic acids is 8. The lowest BCUT2D eigenvalue weighted by atomic mass is 10.1. The molecule has 14 heteroatoms. The Bertz CT molecular complexity index is 2810. The van der Waals surface area contributed by atoms with E-state index >= 15 is 0 Å². The van der Waals surface area contributed by atoms with E-state index in [4.69, 9.17) is 18.9 Å². The number of hydrogen-bond donors (Lipinski definition) is 0.